The van der Waals surface area contributed by atoms with Crippen molar-refractivity contribution in [2.45, 2.75) is 30.7 Å². The molecule has 2 rings (SSSR count). The highest BCUT2D eigenvalue weighted by molar-refractivity contribution is 9.10. The first-order chi connectivity index (χ1) is 9.81. The van der Waals surface area contributed by atoms with Gasteiger partial charge in [0, 0.05) is 23.3 Å². The van der Waals surface area contributed by atoms with Crippen molar-refractivity contribution in [1.82, 2.24) is 9.62 Å². The van der Waals surface area contributed by atoms with E-state index in [-0.39, 0.29) is 10.9 Å². The van der Waals surface area contributed by atoms with E-state index >= 15 is 0 Å². The van der Waals surface area contributed by atoms with Gasteiger partial charge >= 0.3 is 0 Å². The molecular formula is C13H19BrClN3O2S. The first kappa shape index (κ1) is 17.0. The van der Waals surface area contributed by atoms with E-state index in [0.29, 0.717) is 21.7 Å². The average Bonchev–Trinajstić information content (AvgIpc) is 2.94. The smallest absolute Gasteiger partial charge is 0.241 e. The highest BCUT2D eigenvalue weighted by Crippen LogP contribution is 2.31. The molecule has 118 valence electrons. The Balaban J connectivity index is 2.11. The van der Waals surface area contributed by atoms with Gasteiger partial charge in [0.05, 0.1) is 9.37 Å². The number of anilines is 1. The van der Waals surface area contributed by atoms with Crippen molar-refractivity contribution in [2.75, 3.05) is 25.4 Å². The molecule has 21 heavy (non-hydrogen) atoms. The Labute approximate surface area is 139 Å². The van der Waals surface area contributed by atoms with Crippen LogP contribution in [0, 0.1) is 0 Å². The molecule has 1 aromatic carbocycles. The van der Waals surface area contributed by atoms with Crippen molar-refractivity contribution >= 4 is 43.2 Å². The molecule has 0 saturated carbocycles. The summed E-state index contributed by atoms with van der Waals surface area (Å²) in [5, 5.41) is 0.295. The molecule has 0 amide bonds. The summed E-state index contributed by atoms with van der Waals surface area (Å²) < 4.78 is 27.8. The van der Waals surface area contributed by atoms with Crippen LogP contribution in [0.25, 0.3) is 0 Å². The zero-order valence-electron chi connectivity index (χ0n) is 11.8. The van der Waals surface area contributed by atoms with Gasteiger partial charge in [-0.2, -0.15) is 0 Å². The number of nitrogens with zero attached hydrogens (tertiary/aromatic N) is 1. The molecular weight excluding hydrogens is 378 g/mol. The van der Waals surface area contributed by atoms with Crippen molar-refractivity contribution < 1.29 is 8.42 Å². The molecule has 0 radical (unpaired) electrons. The van der Waals surface area contributed by atoms with E-state index in [1.807, 2.05) is 6.92 Å². The average molecular weight is 397 g/mol. The summed E-state index contributed by atoms with van der Waals surface area (Å²) in [7, 11) is -3.65. The third-order valence-electron chi connectivity index (χ3n) is 3.65. The molecule has 3 N–H and O–H groups in total. The molecule has 0 aromatic heterocycles. The topological polar surface area (TPSA) is 75.4 Å². The van der Waals surface area contributed by atoms with Crippen molar-refractivity contribution in [3.05, 3.63) is 21.6 Å². The Kier molecular flexibility index (Phi) is 5.54. The third-order valence-corrected chi connectivity index (χ3v) is 6.47. The largest absolute Gasteiger partial charge is 0.398 e. The number of benzene rings is 1. The molecule has 1 atom stereocenters. The van der Waals surface area contributed by atoms with Crippen molar-refractivity contribution in [1.29, 1.82) is 0 Å². The van der Waals surface area contributed by atoms with E-state index in [2.05, 4.69) is 25.6 Å². The van der Waals surface area contributed by atoms with E-state index in [9.17, 15) is 8.42 Å². The second-order valence-electron chi connectivity index (χ2n) is 5.25. The quantitative estimate of drug-likeness (QED) is 0.750. The highest BCUT2D eigenvalue weighted by atomic mass is 79.9. The van der Waals surface area contributed by atoms with Gasteiger partial charge in [0.1, 0.15) is 0 Å². The Hall–Kier alpha value is -0.340. The molecule has 1 aromatic rings. The van der Waals surface area contributed by atoms with E-state index in [0.717, 1.165) is 13.1 Å². The first-order valence-corrected chi connectivity index (χ1v) is 9.45. The molecule has 0 bridgehead atoms. The van der Waals surface area contributed by atoms with Gasteiger partial charge in [-0.15, -0.1) is 0 Å². The number of sulfonamides is 1. The predicted octanol–water partition coefficient (Wildman–Crippen LogP) is 2.45. The maximum absolute atomic E-state index is 12.4. The lowest BCUT2D eigenvalue weighted by molar-refractivity contribution is 0.260. The summed E-state index contributed by atoms with van der Waals surface area (Å²) in [5.74, 6) is 0. The maximum atomic E-state index is 12.4. The van der Waals surface area contributed by atoms with Crippen LogP contribution < -0.4 is 10.5 Å². The number of nitrogen functional groups attached to an aromatic ring is 1. The zero-order valence-corrected chi connectivity index (χ0v) is 14.9. The highest BCUT2D eigenvalue weighted by Gasteiger charge is 2.23. The Morgan fingerprint density at radius 3 is 2.67 bits per heavy atom. The summed E-state index contributed by atoms with van der Waals surface area (Å²) in [4.78, 5) is 2.35. The molecule has 1 fully saturated rings. The number of nitrogens with one attached hydrogen (secondary N) is 1. The fraction of sp³-hybridized carbons (Fsp3) is 0.538. The second kappa shape index (κ2) is 6.83. The molecule has 5 nitrogen and oxygen atoms in total. The number of hydrogen-bond acceptors (Lipinski definition) is 4. The minimum atomic E-state index is -3.65. The minimum Gasteiger partial charge on any atom is -0.398 e. The van der Waals surface area contributed by atoms with Crippen LogP contribution in [0.4, 0.5) is 5.69 Å². The lowest BCUT2D eigenvalue weighted by atomic mass is 10.3. The monoisotopic (exact) mass is 395 g/mol. The second-order valence-corrected chi connectivity index (χ2v) is 8.22. The lowest BCUT2D eigenvalue weighted by Crippen LogP contribution is -2.40. The molecule has 8 heteroatoms. The summed E-state index contributed by atoms with van der Waals surface area (Å²) >= 11 is 9.10. The SMILES string of the molecule is CC(CNS(=O)(=O)c1cc(Cl)cc(N)c1Br)N1CCCC1. The number of likely N-dealkylation sites (tertiary alicyclic amines) is 1. The summed E-state index contributed by atoms with van der Waals surface area (Å²) in [6.45, 7) is 4.43. The van der Waals surface area contributed by atoms with Gasteiger partial charge in [-0.05, 0) is 60.9 Å². The molecule has 1 aliphatic heterocycles. The van der Waals surface area contributed by atoms with Crippen LogP contribution in [0.3, 0.4) is 0 Å². The molecule has 1 heterocycles. The Morgan fingerprint density at radius 2 is 2.05 bits per heavy atom. The van der Waals surface area contributed by atoms with Crippen molar-refractivity contribution in [3.8, 4) is 0 Å². The van der Waals surface area contributed by atoms with E-state index < -0.39 is 10.0 Å². The maximum Gasteiger partial charge on any atom is 0.241 e. The number of halogens is 2. The van der Waals surface area contributed by atoms with Crippen LogP contribution in [0.1, 0.15) is 19.8 Å². The van der Waals surface area contributed by atoms with Crippen LogP contribution in [0.2, 0.25) is 5.02 Å². The van der Waals surface area contributed by atoms with Gasteiger partial charge in [-0.25, -0.2) is 13.1 Å². The molecule has 1 saturated heterocycles. The fourth-order valence-electron chi connectivity index (χ4n) is 2.40. The van der Waals surface area contributed by atoms with Gasteiger partial charge in [0.2, 0.25) is 10.0 Å². The van der Waals surface area contributed by atoms with Gasteiger partial charge in [-0.3, -0.25) is 4.90 Å². The summed E-state index contributed by atoms with van der Waals surface area (Å²) in [6, 6.07) is 3.07. The molecule has 1 unspecified atom stereocenters. The van der Waals surface area contributed by atoms with Gasteiger partial charge in [0.15, 0.2) is 0 Å². The van der Waals surface area contributed by atoms with Gasteiger partial charge in [0.25, 0.3) is 0 Å². The molecule has 1 aliphatic rings. The van der Waals surface area contributed by atoms with Gasteiger partial charge < -0.3 is 5.73 Å². The summed E-state index contributed by atoms with van der Waals surface area (Å²) in [6.07, 6.45) is 2.35. The van der Waals surface area contributed by atoms with Gasteiger partial charge in [-0.1, -0.05) is 11.6 Å². The van der Waals surface area contributed by atoms with E-state index in [4.69, 9.17) is 17.3 Å². The predicted molar refractivity (Wildman–Crippen MR) is 89.0 cm³/mol. The van der Waals surface area contributed by atoms with Crippen molar-refractivity contribution in [3.63, 3.8) is 0 Å². The Bertz CT molecular complexity index is 618. The van der Waals surface area contributed by atoms with Crippen LogP contribution in [-0.2, 0) is 10.0 Å². The first-order valence-electron chi connectivity index (χ1n) is 6.79. The third kappa shape index (κ3) is 4.10. The molecule has 0 spiro atoms. The van der Waals surface area contributed by atoms with Crippen LogP contribution in [0.15, 0.2) is 21.5 Å². The Morgan fingerprint density at radius 1 is 1.43 bits per heavy atom. The molecule has 0 aliphatic carbocycles. The lowest BCUT2D eigenvalue weighted by Gasteiger charge is -2.24. The number of rotatable bonds is 5. The van der Waals surface area contributed by atoms with Crippen molar-refractivity contribution in [2.24, 2.45) is 0 Å². The standard InChI is InChI=1S/C13H19BrClN3O2S/c1-9(18-4-2-3-5-18)8-17-21(19,20)12-7-10(15)6-11(16)13(12)14/h6-7,9,17H,2-5,8,16H2,1H3. The van der Waals surface area contributed by atoms with E-state index in [1.54, 1.807) is 0 Å². The number of hydrogen-bond donors (Lipinski definition) is 2. The van der Waals surface area contributed by atoms with Crippen LogP contribution in [0.5, 0.6) is 0 Å². The fourth-order valence-corrected chi connectivity index (χ4v) is 4.81. The normalized spacial score (nSPS) is 18.0. The zero-order chi connectivity index (χ0) is 15.6. The minimum absolute atomic E-state index is 0.0705. The summed E-state index contributed by atoms with van der Waals surface area (Å²) in [5.41, 5.74) is 6.04. The van der Waals surface area contributed by atoms with Crippen LogP contribution >= 0.6 is 27.5 Å². The van der Waals surface area contributed by atoms with E-state index in [1.165, 1.54) is 25.0 Å². The van der Waals surface area contributed by atoms with Crippen LogP contribution in [-0.4, -0.2) is 39.0 Å². The number of nitrogens with two attached hydrogens (primary N) is 1.